The maximum absolute atomic E-state index is 5.47. The Hall–Kier alpha value is -1.02. The molecule has 0 saturated carbocycles. The van der Waals surface area contributed by atoms with E-state index in [2.05, 4.69) is 36.3 Å². The third-order valence-corrected chi connectivity index (χ3v) is 4.30. The minimum absolute atomic E-state index is 0. The highest BCUT2D eigenvalue weighted by Gasteiger charge is 2.18. The summed E-state index contributed by atoms with van der Waals surface area (Å²) in [6.45, 7) is 6.61. The quantitative estimate of drug-likeness (QED) is 0.280. The van der Waals surface area contributed by atoms with Gasteiger partial charge in [0.15, 0.2) is 5.96 Å². The molecule has 5 nitrogen and oxygen atoms in total. The molecule has 1 aliphatic rings. The molecule has 1 aliphatic heterocycles. The van der Waals surface area contributed by atoms with Crippen LogP contribution in [0.2, 0.25) is 0 Å². The van der Waals surface area contributed by atoms with Crippen LogP contribution >= 0.6 is 24.0 Å². The number of methoxy groups -OCH3 is 1. The van der Waals surface area contributed by atoms with Crippen LogP contribution in [0.4, 0.5) is 0 Å². The number of aliphatic imine (C=N–C) groups is 1. The highest BCUT2D eigenvalue weighted by atomic mass is 127. The lowest BCUT2D eigenvalue weighted by Crippen LogP contribution is -2.41. The Morgan fingerprint density at radius 3 is 2.72 bits per heavy atom. The molecule has 0 radical (unpaired) electrons. The van der Waals surface area contributed by atoms with Crippen molar-refractivity contribution >= 4 is 29.9 Å². The van der Waals surface area contributed by atoms with Crippen LogP contribution in [0.25, 0.3) is 0 Å². The lowest BCUT2D eigenvalue weighted by Gasteiger charge is -2.24. The van der Waals surface area contributed by atoms with Gasteiger partial charge >= 0.3 is 0 Å². The average molecular weight is 461 g/mol. The van der Waals surface area contributed by atoms with Gasteiger partial charge in [-0.15, -0.1) is 24.0 Å². The Morgan fingerprint density at radius 1 is 1.36 bits per heavy atom. The van der Waals surface area contributed by atoms with Gasteiger partial charge in [-0.1, -0.05) is 12.1 Å². The molecule has 0 spiro atoms. The van der Waals surface area contributed by atoms with Crippen LogP contribution in [0.3, 0.4) is 0 Å². The van der Waals surface area contributed by atoms with E-state index in [9.17, 15) is 0 Å². The summed E-state index contributed by atoms with van der Waals surface area (Å²) < 4.78 is 10.7. The van der Waals surface area contributed by atoms with E-state index in [0.29, 0.717) is 5.92 Å². The molecule has 1 aromatic rings. The van der Waals surface area contributed by atoms with E-state index in [0.717, 1.165) is 63.8 Å². The third kappa shape index (κ3) is 7.81. The number of rotatable bonds is 8. The highest BCUT2D eigenvalue weighted by Crippen LogP contribution is 2.14. The van der Waals surface area contributed by atoms with Gasteiger partial charge in [0.25, 0.3) is 0 Å². The number of halogens is 1. The zero-order chi connectivity index (χ0) is 17.2. The van der Waals surface area contributed by atoms with Crippen molar-refractivity contribution < 1.29 is 9.47 Å². The molecule has 0 aliphatic carbocycles. The zero-order valence-corrected chi connectivity index (χ0v) is 18.0. The van der Waals surface area contributed by atoms with Crippen molar-refractivity contribution in [1.82, 2.24) is 10.2 Å². The fourth-order valence-corrected chi connectivity index (χ4v) is 2.93. The number of hydrogen-bond donors (Lipinski definition) is 1. The second-order valence-corrected chi connectivity index (χ2v) is 6.30. The number of nitrogens with zero attached hydrogens (tertiary/aromatic N) is 2. The predicted octanol–water partition coefficient (Wildman–Crippen LogP) is 3.18. The van der Waals surface area contributed by atoms with Crippen LogP contribution in [0.5, 0.6) is 5.75 Å². The molecule has 1 fully saturated rings. The van der Waals surface area contributed by atoms with Crippen LogP contribution in [0.1, 0.15) is 25.3 Å². The van der Waals surface area contributed by atoms with Gasteiger partial charge in [0.1, 0.15) is 5.75 Å². The molecule has 1 unspecified atom stereocenters. The topological polar surface area (TPSA) is 46.1 Å². The molecule has 142 valence electrons. The van der Waals surface area contributed by atoms with Gasteiger partial charge in [-0.05, 0) is 43.9 Å². The minimum Gasteiger partial charge on any atom is -0.497 e. The molecule has 25 heavy (non-hydrogen) atoms. The number of ether oxygens (including phenoxy) is 2. The molecule has 1 atom stereocenters. The molecular weight excluding hydrogens is 429 g/mol. The van der Waals surface area contributed by atoms with E-state index in [1.165, 1.54) is 5.56 Å². The molecule has 1 saturated heterocycles. The summed E-state index contributed by atoms with van der Waals surface area (Å²) in [5, 5.41) is 3.39. The zero-order valence-electron chi connectivity index (χ0n) is 15.7. The molecule has 0 amide bonds. The number of guanidine groups is 1. The summed E-state index contributed by atoms with van der Waals surface area (Å²) in [4.78, 5) is 7.00. The second kappa shape index (κ2) is 12.4. The van der Waals surface area contributed by atoms with Crippen molar-refractivity contribution in [2.45, 2.75) is 26.2 Å². The number of benzene rings is 1. The summed E-state index contributed by atoms with van der Waals surface area (Å²) in [6, 6.07) is 8.28. The molecule has 0 bridgehead atoms. The van der Waals surface area contributed by atoms with Crippen molar-refractivity contribution in [3.8, 4) is 5.75 Å². The minimum atomic E-state index is 0. The lowest BCUT2D eigenvalue weighted by molar-refractivity contribution is 0.181. The van der Waals surface area contributed by atoms with Crippen molar-refractivity contribution in [3.05, 3.63) is 29.8 Å². The Balaban J connectivity index is 0.00000312. The predicted molar refractivity (Wildman–Crippen MR) is 114 cm³/mol. The normalized spacial score (nSPS) is 17.1. The summed E-state index contributed by atoms with van der Waals surface area (Å²) in [5.74, 6) is 2.53. The summed E-state index contributed by atoms with van der Waals surface area (Å²) in [6.07, 6.45) is 3.23. The van der Waals surface area contributed by atoms with E-state index in [4.69, 9.17) is 14.5 Å². The fraction of sp³-hybridized carbons (Fsp3) is 0.632. The van der Waals surface area contributed by atoms with E-state index < -0.39 is 0 Å². The van der Waals surface area contributed by atoms with Gasteiger partial charge < -0.3 is 19.7 Å². The standard InChI is InChI=1S/C19H31N3O2.HI/c1-4-20-19(22(2)14-17-11-13-24-15-17)21-12-5-6-16-7-9-18(23-3)10-8-16;/h7-10,17H,4-6,11-15H2,1-3H3,(H,20,21);1H. The molecule has 2 rings (SSSR count). The van der Waals surface area contributed by atoms with Gasteiger partial charge in [0, 0.05) is 39.2 Å². The number of hydrogen-bond acceptors (Lipinski definition) is 3. The Kier molecular flexibility index (Phi) is 10.9. The smallest absolute Gasteiger partial charge is 0.193 e. The van der Waals surface area contributed by atoms with Crippen LogP contribution < -0.4 is 10.1 Å². The molecule has 1 N–H and O–H groups in total. The van der Waals surface area contributed by atoms with Gasteiger partial charge in [0.05, 0.1) is 13.7 Å². The molecule has 6 heteroatoms. The van der Waals surface area contributed by atoms with Crippen LogP contribution in [0, 0.1) is 5.92 Å². The maximum atomic E-state index is 5.47. The first-order valence-corrected chi connectivity index (χ1v) is 8.93. The molecule has 0 aromatic heterocycles. The first-order chi connectivity index (χ1) is 11.7. The van der Waals surface area contributed by atoms with Gasteiger partial charge in [-0.2, -0.15) is 0 Å². The van der Waals surface area contributed by atoms with E-state index in [1.54, 1.807) is 7.11 Å². The van der Waals surface area contributed by atoms with Gasteiger partial charge in [-0.3, -0.25) is 4.99 Å². The number of nitrogens with one attached hydrogen (secondary N) is 1. The monoisotopic (exact) mass is 461 g/mol. The summed E-state index contributed by atoms with van der Waals surface area (Å²) >= 11 is 0. The number of aryl methyl sites for hydroxylation is 1. The van der Waals surface area contributed by atoms with E-state index in [1.807, 2.05) is 12.1 Å². The van der Waals surface area contributed by atoms with Crippen molar-refractivity contribution in [2.24, 2.45) is 10.9 Å². The largest absolute Gasteiger partial charge is 0.497 e. The average Bonchev–Trinajstić information content (AvgIpc) is 3.11. The summed E-state index contributed by atoms with van der Waals surface area (Å²) in [5.41, 5.74) is 1.33. The van der Waals surface area contributed by atoms with Crippen LogP contribution in [0.15, 0.2) is 29.3 Å². The first kappa shape index (κ1) is 22.0. The highest BCUT2D eigenvalue weighted by molar-refractivity contribution is 14.0. The molecule has 1 aromatic carbocycles. The maximum Gasteiger partial charge on any atom is 0.193 e. The Labute approximate surface area is 169 Å². The van der Waals surface area contributed by atoms with Crippen molar-refractivity contribution in [3.63, 3.8) is 0 Å². The van der Waals surface area contributed by atoms with E-state index in [-0.39, 0.29) is 24.0 Å². The SMILES string of the molecule is CCNC(=NCCCc1ccc(OC)cc1)N(C)CC1CCOC1.I. The first-order valence-electron chi connectivity index (χ1n) is 8.93. The molecule has 1 heterocycles. The lowest BCUT2D eigenvalue weighted by atomic mass is 10.1. The second-order valence-electron chi connectivity index (χ2n) is 6.30. The van der Waals surface area contributed by atoms with E-state index >= 15 is 0 Å². The Morgan fingerprint density at radius 2 is 2.12 bits per heavy atom. The third-order valence-electron chi connectivity index (χ3n) is 4.30. The molecular formula is C19H32IN3O2. The van der Waals surface area contributed by atoms with Crippen molar-refractivity contribution in [1.29, 1.82) is 0 Å². The Bertz CT molecular complexity index is 502. The fourth-order valence-electron chi connectivity index (χ4n) is 2.93. The van der Waals surface area contributed by atoms with Crippen LogP contribution in [-0.2, 0) is 11.2 Å². The van der Waals surface area contributed by atoms with Gasteiger partial charge in [0.2, 0.25) is 0 Å². The van der Waals surface area contributed by atoms with Crippen LogP contribution in [-0.4, -0.2) is 57.9 Å². The van der Waals surface area contributed by atoms with Gasteiger partial charge in [-0.25, -0.2) is 0 Å². The van der Waals surface area contributed by atoms with Crippen molar-refractivity contribution in [2.75, 3.05) is 47.0 Å². The summed E-state index contributed by atoms with van der Waals surface area (Å²) in [7, 11) is 3.81.